The second-order valence-corrected chi connectivity index (χ2v) is 11.1. The van der Waals surface area contributed by atoms with Gasteiger partial charge in [0.15, 0.2) is 0 Å². The molecule has 1 heterocycles. The van der Waals surface area contributed by atoms with Gasteiger partial charge >= 0.3 is 188 Å². The van der Waals surface area contributed by atoms with Crippen LogP contribution in [0.1, 0.15) is 17.5 Å². The average molecular weight is 483 g/mol. The van der Waals surface area contributed by atoms with E-state index in [-0.39, 0.29) is 17.0 Å². The molecule has 5 heteroatoms. The van der Waals surface area contributed by atoms with Gasteiger partial charge in [-0.15, -0.1) is 0 Å². The Morgan fingerprint density at radius 1 is 0.742 bits per heavy atom. The van der Waals surface area contributed by atoms with Gasteiger partial charge in [-0.25, -0.2) is 0 Å². The molecule has 3 aromatic rings. The maximum absolute atomic E-state index is 13.1. The van der Waals surface area contributed by atoms with Gasteiger partial charge in [0, 0.05) is 0 Å². The van der Waals surface area contributed by atoms with E-state index in [2.05, 4.69) is 12.1 Å². The van der Waals surface area contributed by atoms with E-state index in [1.54, 1.807) is 0 Å². The normalized spacial score (nSPS) is 21.7. The van der Waals surface area contributed by atoms with Crippen LogP contribution in [0, 0.1) is 5.92 Å². The van der Waals surface area contributed by atoms with Gasteiger partial charge in [-0.05, 0) is 0 Å². The molecule has 0 spiro atoms. The topological polar surface area (TPSA) is 44.8 Å². The molecule has 1 aliphatic rings. The first kappa shape index (κ1) is 22.1. The molecule has 0 amide bonds. The van der Waals surface area contributed by atoms with Crippen LogP contribution in [-0.4, -0.2) is 38.2 Å². The van der Waals surface area contributed by atoms with E-state index in [1.807, 2.05) is 78.9 Å². The average Bonchev–Trinajstić information content (AvgIpc) is 3.23. The second-order valence-electron chi connectivity index (χ2n) is 7.71. The molecule has 4 rings (SSSR count). The third kappa shape index (κ3) is 6.42. The van der Waals surface area contributed by atoms with Crippen LogP contribution < -0.4 is 4.46 Å². The van der Waals surface area contributed by atoms with Crippen molar-refractivity contribution < 1.29 is 18.0 Å². The predicted molar refractivity (Wildman–Crippen MR) is 121 cm³/mol. The van der Waals surface area contributed by atoms with Crippen LogP contribution in [0.15, 0.2) is 91.0 Å². The first-order valence-electron chi connectivity index (χ1n) is 10.6. The van der Waals surface area contributed by atoms with E-state index in [4.69, 9.17) is 14.2 Å². The van der Waals surface area contributed by atoms with Crippen molar-refractivity contribution in [3.05, 3.63) is 102 Å². The van der Waals surface area contributed by atoms with E-state index >= 15 is 0 Å². The number of rotatable bonds is 10. The van der Waals surface area contributed by atoms with Crippen molar-refractivity contribution in [2.45, 2.75) is 30.7 Å². The van der Waals surface area contributed by atoms with Crippen LogP contribution >= 0.6 is 0 Å². The molecule has 0 saturated carbocycles. The molecule has 162 valence electrons. The zero-order chi connectivity index (χ0) is 21.3. The maximum atomic E-state index is 13.1. The molecular weight excluding hydrogens is 455 g/mol. The van der Waals surface area contributed by atoms with Crippen molar-refractivity contribution >= 4 is 18.3 Å². The minimum atomic E-state index is -2.30. The van der Waals surface area contributed by atoms with Gasteiger partial charge in [0.25, 0.3) is 0 Å². The Hall–Kier alpha value is -2.14. The molecule has 31 heavy (non-hydrogen) atoms. The summed E-state index contributed by atoms with van der Waals surface area (Å²) in [4.78, 5) is 0. The number of hydrogen-bond donors (Lipinski definition) is 0. The molecule has 3 aromatic carbocycles. The Balaban J connectivity index is 1.36. The molecule has 0 radical (unpaired) electrons. The molecule has 4 nitrogen and oxygen atoms in total. The van der Waals surface area contributed by atoms with Crippen LogP contribution in [0.25, 0.3) is 0 Å². The Kier molecular flexibility index (Phi) is 8.17. The summed E-state index contributed by atoms with van der Waals surface area (Å²) in [6.07, 6.45) is 0.616. The standard InChI is InChI=1S/C26H28O4Se/c27-31(24-14-8-3-9-15-24)26-16-23(19-28-17-21-10-4-1-5-11-21)25(30-26)20-29-18-22-12-6-2-7-13-22/h1-15,23,25-26H,16-20H2/t23-,25+,26-,31?/m0/s1. The van der Waals surface area contributed by atoms with Gasteiger partial charge < -0.3 is 0 Å². The van der Waals surface area contributed by atoms with E-state index < -0.39 is 13.8 Å². The monoisotopic (exact) mass is 484 g/mol. The van der Waals surface area contributed by atoms with Crippen LogP contribution in [0.2, 0.25) is 0 Å². The summed E-state index contributed by atoms with van der Waals surface area (Å²) in [7, 11) is 0. The molecule has 0 aromatic heterocycles. The molecule has 0 aliphatic carbocycles. The van der Waals surface area contributed by atoms with Crippen molar-refractivity contribution in [1.29, 1.82) is 0 Å². The first-order chi connectivity index (χ1) is 15.3. The van der Waals surface area contributed by atoms with Gasteiger partial charge in [0.05, 0.1) is 0 Å². The molecule has 1 saturated heterocycles. The summed E-state index contributed by atoms with van der Waals surface area (Å²) in [5.41, 5.74) is 2.28. The SMILES string of the molecule is O=[Se](c1ccccc1)[C@H]1C[C@@H](COCc2ccccc2)[C@@H](COCc2ccccc2)O1. The molecule has 1 unspecified atom stereocenters. The number of hydrogen-bond acceptors (Lipinski definition) is 4. The summed E-state index contributed by atoms with van der Waals surface area (Å²) in [5, 5.41) is -0.252. The van der Waals surface area contributed by atoms with E-state index in [1.165, 1.54) is 0 Å². The molecular formula is C26H28O4Se. The summed E-state index contributed by atoms with van der Waals surface area (Å²) >= 11 is -2.30. The summed E-state index contributed by atoms with van der Waals surface area (Å²) < 4.78 is 32.3. The number of ether oxygens (including phenoxy) is 3. The van der Waals surface area contributed by atoms with Crippen molar-refractivity contribution in [1.82, 2.24) is 0 Å². The second kappa shape index (κ2) is 11.5. The molecule has 4 atom stereocenters. The third-order valence-electron chi connectivity index (χ3n) is 5.40. The fourth-order valence-electron chi connectivity index (χ4n) is 3.73. The summed E-state index contributed by atoms with van der Waals surface area (Å²) in [6, 6.07) is 29.9. The number of benzene rings is 3. The van der Waals surface area contributed by atoms with Crippen molar-refractivity contribution in [2.24, 2.45) is 5.92 Å². The van der Waals surface area contributed by atoms with Crippen LogP contribution in [0.3, 0.4) is 0 Å². The van der Waals surface area contributed by atoms with Crippen molar-refractivity contribution in [3.8, 4) is 0 Å². The zero-order valence-electron chi connectivity index (χ0n) is 17.5. The summed E-state index contributed by atoms with van der Waals surface area (Å²) in [5.74, 6) is 0.161. The van der Waals surface area contributed by atoms with Gasteiger partial charge in [-0.2, -0.15) is 0 Å². The van der Waals surface area contributed by atoms with E-state index in [9.17, 15) is 3.83 Å². The van der Waals surface area contributed by atoms with Gasteiger partial charge in [-0.3, -0.25) is 0 Å². The quantitative estimate of drug-likeness (QED) is 0.408. The van der Waals surface area contributed by atoms with E-state index in [0.717, 1.165) is 22.0 Å². The van der Waals surface area contributed by atoms with Crippen molar-refractivity contribution in [2.75, 3.05) is 13.2 Å². The van der Waals surface area contributed by atoms with Crippen LogP contribution in [-0.2, 0) is 31.3 Å². The van der Waals surface area contributed by atoms with Crippen LogP contribution in [0.4, 0.5) is 0 Å². The predicted octanol–water partition coefficient (Wildman–Crippen LogP) is 4.06. The van der Waals surface area contributed by atoms with Crippen LogP contribution in [0.5, 0.6) is 0 Å². The minimum absolute atomic E-state index is 0.117. The molecule has 0 N–H and O–H groups in total. The van der Waals surface area contributed by atoms with Gasteiger partial charge in [-0.1, -0.05) is 0 Å². The fraction of sp³-hybridized carbons (Fsp3) is 0.308. The molecule has 1 aliphatic heterocycles. The Bertz CT molecular complexity index is 880. The molecule has 1 fully saturated rings. The third-order valence-corrected chi connectivity index (χ3v) is 8.58. The Labute approximate surface area is 188 Å². The van der Waals surface area contributed by atoms with Gasteiger partial charge in [0.1, 0.15) is 0 Å². The first-order valence-corrected chi connectivity index (χ1v) is 13.2. The zero-order valence-corrected chi connectivity index (χ0v) is 19.2. The Morgan fingerprint density at radius 2 is 1.26 bits per heavy atom. The fourth-order valence-corrected chi connectivity index (χ4v) is 6.65. The van der Waals surface area contributed by atoms with Gasteiger partial charge in [0.2, 0.25) is 0 Å². The summed E-state index contributed by atoms with van der Waals surface area (Å²) in [6.45, 7) is 2.14. The Morgan fingerprint density at radius 3 is 1.84 bits per heavy atom. The van der Waals surface area contributed by atoms with E-state index in [0.29, 0.717) is 26.4 Å². The van der Waals surface area contributed by atoms with Crippen molar-refractivity contribution in [3.63, 3.8) is 0 Å². The molecule has 0 bridgehead atoms.